The second-order valence-electron chi connectivity index (χ2n) is 13.0. The summed E-state index contributed by atoms with van der Waals surface area (Å²) in [6.07, 6.45) is 0.358. The van der Waals surface area contributed by atoms with Crippen molar-refractivity contribution in [3.8, 4) is 6.07 Å². The highest BCUT2D eigenvalue weighted by Crippen LogP contribution is 2.30. The molecule has 45 heavy (non-hydrogen) atoms. The highest BCUT2D eigenvalue weighted by molar-refractivity contribution is 7.14. The van der Waals surface area contributed by atoms with Gasteiger partial charge in [0, 0.05) is 32.8 Å². The molecular formula is C33H42F2N6O3S. The van der Waals surface area contributed by atoms with E-state index < -0.39 is 17.9 Å². The van der Waals surface area contributed by atoms with Gasteiger partial charge in [0.1, 0.15) is 11.6 Å². The third-order valence-corrected chi connectivity index (χ3v) is 8.57. The minimum absolute atomic E-state index is 0.0179. The van der Waals surface area contributed by atoms with E-state index in [0.717, 1.165) is 35.4 Å². The SMILES string of the molecule is CCOC(C)(C)/C=C(\C#N)C(=O)N1CCC[C@@H]1Cn1c(NC(=O)c2ccc(C(F)F)s2)nc2cc(CNCC(C)(C)C)ccc21. The summed E-state index contributed by atoms with van der Waals surface area (Å²) in [4.78, 5) is 33.2. The van der Waals surface area contributed by atoms with Gasteiger partial charge in [-0.3, -0.25) is 14.9 Å². The number of aromatic nitrogens is 2. The van der Waals surface area contributed by atoms with Gasteiger partial charge < -0.3 is 19.5 Å². The number of carbonyl (C=O) groups is 2. The zero-order valence-electron chi connectivity index (χ0n) is 26.7. The van der Waals surface area contributed by atoms with E-state index in [1.165, 1.54) is 12.1 Å². The lowest BCUT2D eigenvalue weighted by atomic mass is 9.97. The first-order valence-corrected chi connectivity index (χ1v) is 16.0. The van der Waals surface area contributed by atoms with Crippen molar-refractivity contribution >= 4 is 40.1 Å². The molecule has 0 unspecified atom stereocenters. The monoisotopic (exact) mass is 640 g/mol. The molecule has 242 valence electrons. The van der Waals surface area contributed by atoms with Crippen LogP contribution in [0.4, 0.5) is 14.7 Å². The number of carbonyl (C=O) groups excluding carboxylic acids is 2. The van der Waals surface area contributed by atoms with Crippen molar-refractivity contribution in [1.29, 1.82) is 5.26 Å². The first-order chi connectivity index (χ1) is 21.2. The van der Waals surface area contributed by atoms with Crippen molar-refractivity contribution < 1.29 is 23.1 Å². The number of nitrogens with one attached hydrogen (secondary N) is 2. The summed E-state index contributed by atoms with van der Waals surface area (Å²) < 4.78 is 34.0. The number of nitrogens with zero attached hydrogens (tertiary/aromatic N) is 4. The summed E-state index contributed by atoms with van der Waals surface area (Å²) in [6.45, 7) is 14.6. The van der Waals surface area contributed by atoms with E-state index in [9.17, 15) is 23.6 Å². The van der Waals surface area contributed by atoms with E-state index in [1.54, 1.807) is 24.8 Å². The second kappa shape index (κ2) is 14.2. The Labute approximate surface area is 267 Å². The molecule has 2 N–H and O–H groups in total. The Morgan fingerprint density at radius 1 is 1.22 bits per heavy atom. The summed E-state index contributed by atoms with van der Waals surface area (Å²) in [5, 5.41) is 16.1. The first-order valence-electron chi connectivity index (χ1n) is 15.2. The Morgan fingerprint density at radius 2 is 1.98 bits per heavy atom. The van der Waals surface area contributed by atoms with Gasteiger partial charge in [-0.15, -0.1) is 11.3 Å². The number of amides is 2. The van der Waals surface area contributed by atoms with E-state index in [2.05, 4.69) is 37.5 Å². The minimum atomic E-state index is -2.66. The highest BCUT2D eigenvalue weighted by Gasteiger charge is 2.33. The predicted octanol–water partition coefficient (Wildman–Crippen LogP) is 6.68. The number of halogens is 2. The number of hydrogen-bond donors (Lipinski definition) is 2. The molecule has 9 nitrogen and oxygen atoms in total. The number of imidazole rings is 1. The maximum atomic E-state index is 13.6. The fraction of sp³-hybridized carbons (Fsp3) is 0.515. The molecule has 3 aromatic rings. The molecule has 0 spiro atoms. The van der Waals surface area contributed by atoms with Crippen molar-refractivity contribution in [2.75, 3.05) is 25.0 Å². The number of fused-ring (bicyclic) bond motifs is 1. The summed E-state index contributed by atoms with van der Waals surface area (Å²) in [6, 6.07) is 10.3. The van der Waals surface area contributed by atoms with Gasteiger partial charge in [-0.2, -0.15) is 5.26 Å². The number of anilines is 1. The second-order valence-corrected chi connectivity index (χ2v) is 14.1. The van der Waals surface area contributed by atoms with Crippen LogP contribution >= 0.6 is 11.3 Å². The lowest BCUT2D eigenvalue weighted by molar-refractivity contribution is -0.127. The minimum Gasteiger partial charge on any atom is -0.372 e. The van der Waals surface area contributed by atoms with Crippen LogP contribution in [0.2, 0.25) is 0 Å². The molecule has 1 fully saturated rings. The van der Waals surface area contributed by atoms with E-state index in [-0.39, 0.29) is 38.6 Å². The average Bonchev–Trinajstić information content (AvgIpc) is 3.70. The van der Waals surface area contributed by atoms with E-state index in [0.29, 0.717) is 38.2 Å². The van der Waals surface area contributed by atoms with Crippen LogP contribution in [0, 0.1) is 16.7 Å². The van der Waals surface area contributed by atoms with Crippen LogP contribution in [0.5, 0.6) is 0 Å². The molecule has 1 aliphatic heterocycles. The van der Waals surface area contributed by atoms with Crippen LogP contribution in [0.3, 0.4) is 0 Å². The van der Waals surface area contributed by atoms with Gasteiger partial charge in [0.2, 0.25) is 5.95 Å². The van der Waals surface area contributed by atoms with Crippen molar-refractivity contribution in [2.24, 2.45) is 5.41 Å². The van der Waals surface area contributed by atoms with E-state index in [1.807, 2.05) is 29.7 Å². The van der Waals surface area contributed by atoms with Crippen LogP contribution < -0.4 is 10.6 Å². The number of nitriles is 1. The number of alkyl halides is 2. The Balaban J connectivity index is 1.65. The molecule has 0 bridgehead atoms. The Kier molecular flexibility index (Phi) is 10.8. The largest absolute Gasteiger partial charge is 0.372 e. The number of ether oxygens (including phenoxy) is 1. The average molecular weight is 641 g/mol. The number of thiophene rings is 1. The van der Waals surface area contributed by atoms with Crippen molar-refractivity contribution in [2.45, 2.75) is 85.5 Å². The van der Waals surface area contributed by atoms with Gasteiger partial charge in [-0.1, -0.05) is 26.8 Å². The summed E-state index contributed by atoms with van der Waals surface area (Å²) in [7, 11) is 0. The van der Waals surface area contributed by atoms with Gasteiger partial charge in [0.05, 0.1) is 32.4 Å². The molecule has 12 heteroatoms. The van der Waals surface area contributed by atoms with Crippen molar-refractivity contribution in [3.63, 3.8) is 0 Å². The van der Waals surface area contributed by atoms with Gasteiger partial charge in [0.25, 0.3) is 18.2 Å². The third kappa shape index (κ3) is 8.75. The van der Waals surface area contributed by atoms with Crippen molar-refractivity contribution in [3.05, 3.63) is 57.3 Å². The fourth-order valence-electron chi connectivity index (χ4n) is 5.46. The fourth-order valence-corrected chi connectivity index (χ4v) is 6.22. The lowest BCUT2D eigenvalue weighted by Gasteiger charge is -2.27. The number of benzene rings is 1. The highest BCUT2D eigenvalue weighted by atomic mass is 32.1. The molecule has 1 aliphatic rings. The normalized spacial score (nSPS) is 16.0. The number of likely N-dealkylation sites (tertiary alicyclic amines) is 1. The van der Waals surface area contributed by atoms with Crippen LogP contribution in [-0.2, 0) is 22.6 Å². The third-order valence-electron chi connectivity index (χ3n) is 7.48. The summed E-state index contributed by atoms with van der Waals surface area (Å²) in [5.74, 6) is -0.648. The maximum absolute atomic E-state index is 13.6. The Morgan fingerprint density at radius 3 is 2.62 bits per heavy atom. The van der Waals surface area contributed by atoms with Gasteiger partial charge in [0.15, 0.2) is 0 Å². The Hall–Kier alpha value is -3.66. The van der Waals surface area contributed by atoms with Crippen LogP contribution in [0.25, 0.3) is 11.0 Å². The molecule has 0 radical (unpaired) electrons. The molecule has 1 saturated heterocycles. The molecule has 3 heterocycles. The molecule has 0 saturated carbocycles. The number of hydrogen-bond acceptors (Lipinski definition) is 7. The zero-order valence-corrected chi connectivity index (χ0v) is 27.6. The molecular weight excluding hydrogens is 598 g/mol. The van der Waals surface area contributed by atoms with Gasteiger partial charge in [-0.25, -0.2) is 13.8 Å². The van der Waals surface area contributed by atoms with Gasteiger partial charge >= 0.3 is 0 Å². The molecule has 2 aromatic heterocycles. The van der Waals surface area contributed by atoms with Gasteiger partial charge in [-0.05, 0) is 74.9 Å². The molecule has 1 aromatic carbocycles. The Bertz CT molecular complexity index is 1600. The number of rotatable bonds is 12. The van der Waals surface area contributed by atoms with Crippen LogP contribution in [-0.4, -0.2) is 57.6 Å². The van der Waals surface area contributed by atoms with E-state index >= 15 is 0 Å². The smallest absolute Gasteiger partial charge is 0.272 e. The predicted molar refractivity (Wildman–Crippen MR) is 172 cm³/mol. The topological polar surface area (TPSA) is 112 Å². The van der Waals surface area contributed by atoms with Crippen LogP contribution in [0.15, 0.2) is 42.0 Å². The lowest BCUT2D eigenvalue weighted by Crippen LogP contribution is -2.39. The molecule has 4 rings (SSSR count). The van der Waals surface area contributed by atoms with Crippen molar-refractivity contribution in [1.82, 2.24) is 19.8 Å². The molecule has 0 aliphatic carbocycles. The first kappa shape index (κ1) is 34.2. The van der Waals surface area contributed by atoms with Crippen LogP contribution in [0.1, 0.15) is 80.9 Å². The standard InChI is InChI=1S/C33H42F2N6O3S/c1-7-44-33(5,6)16-22(17-36)30(43)40-14-8-9-23(40)19-41-25-11-10-21(18-37-20-32(2,3)4)15-24(25)38-31(41)39-29(42)27-13-12-26(45-27)28(34)35/h10-13,15-16,23,28,37H,7-9,14,18-20H2,1-6H3,(H,38,39,42)/b22-16+/t23-/m1/s1. The summed E-state index contributed by atoms with van der Waals surface area (Å²) >= 11 is 0.738. The molecule has 1 atom stereocenters. The molecule has 2 amide bonds. The quantitative estimate of drug-likeness (QED) is 0.169. The zero-order chi connectivity index (χ0) is 32.9. The van der Waals surface area contributed by atoms with E-state index in [4.69, 9.17) is 9.72 Å². The summed E-state index contributed by atoms with van der Waals surface area (Å²) in [5.41, 5.74) is 1.80. The maximum Gasteiger partial charge on any atom is 0.272 e.